The van der Waals surface area contributed by atoms with Crippen molar-refractivity contribution >= 4 is 49.4 Å². The van der Waals surface area contributed by atoms with Crippen LogP contribution in [0.15, 0.2) is 27.4 Å². The molecule has 0 saturated carbocycles. The Balaban J connectivity index is 2.10. The first kappa shape index (κ1) is 15.6. The van der Waals surface area contributed by atoms with E-state index in [1.165, 1.54) is 0 Å². The van der Waals surface area contributed by atoms with Crippen LogP contribution in [0.5, 0.6) is 0 Å². The maximum absolute atomic E-state index is 11.9. The summed E-state index contributed by atoms with van der Waals surface area (Å²) in [6, 6.07) is 3.72. The van der Waals surface area contributed by atoms with Crippen molar-refractivity contribution < 1.29 is 9.72 Å². The lowest BCUT2D eigenvalue weighted by Gasteiger charge is -2.10. The second-order valence-corrected chi connectivity index (χ2v) is 5.86. The summed E-state index contributed by atoms with van der Waals surface area (Å²) in [7, 11) is 0. The van der Waals surface area contributed by atoms with Gasteiger partial charge in [-0.25, -0.2) is 0 Å². The standard InChI is InChI=1S/C11H9Br2N5O3/c1-6-2-7(12)10(8(13)3-6)15-9(19)4-17-5-14-11(16-17)18(20)21/h2-3,5H,4H2,1H3,(H,15,19). The van der Waals surface area contributed by atoms with Crippen LogP contribution in [0.3, 0.4) is 0 Å². The van der Waals surface area contributed by atoms with E-state index in [1.54, 1.807) is 0 Å². The number of aryl methyl sites for hydroxylation is 1. The van der Waals surface area contributed by atoms with Gasteiger partial charge in [0.2, 0.25) is 12.2 Å². The van der Waals surface area contributed by atoms with Crippen LogP contribution in [0, 0.1) is 17.0 Å². The lowest BCUT2D eigenvalue weighted by molar-refractivity contribution is -0.394. The van der Waals surface area contributed by atoms with Crippen LogP contribution in [0.1, 0.15) is 5.56 Å². The zero-order chi connectivity index (χ0) is 15.6. The second-order valence-electron chi connectivity index (χ2n) is 4.15. The van der Waals surface area contributed by atoms with E-state index in [-0.39, 0.29) is 12.5 Å². The van der Waals surface area contributed by atoms with Gasteiger partial charge in [0.1, 0.15) is 6.54 Å². The van der Waals surface area contributed by atoms with Gasteiger partial charge in [-0.2, -0.15) is 4.68 Å². The Morgan fingerprint density at radius 1 is 1.43 bits per heavy atom. The summed E-state index contributed by atoms with van der Waals surface area (Å²) >= 11 is 6.73. The van der Waals surface area contributed by atoms with E-state index in [2.05, 4.69) is 47.3 Å². The number of carbonyl (C=O) groups excluding carboxylic acids is 1. The van der Waals surface area contributed by atoms with Gasteiger partial charge in [-0.1, -0.05) is 4.98 Å². The summed E-state index contributed by atoms with van der Waals surface area (Å²) in [5, 5.41) is 16.7. The van der Waals surface area contributed by atoms with Crippen LogP contribution < -0.4 is 5.32 Å². The van der Waals surface area contributed by atoms with Crippen molar-refractivity contribution in [3.8, 4) is 0 Å². The third kappa shape index (κ3) is 3.85. The number of hydrogen-bond donors (Lipinski definition) is 1. The summed E-state index contributed by atoms with van der Waals surface area (Å²) in [4.78, 5) is 25.2. The summed E-state index contributed by atoms with van der Waals surface area (Å²) < 4.78 is 2.56. The number of anilines is 1. The van der Waals surface area contributed by atoms with Crippen LogP contribution in [-0.4, -0.2) is 25.6 Å². The van der Waals surface area contributed by atoms with E-state index in [0.717, 1.165) is 25.5 Å². The number of aromatic nitrogens is 3. The quantitative estimate of drug-likeness (QED) is 0.607. The normalized spacial score (nSPS) is 10.4. The van der Waals surface area contributed by atoms with E-state index >= 15 is 0 Å². The van der Waals surface area contributed by atoms with Crippen LogP contribution in [-0.2, 0) is 11.3 Å². The lowest BCUT2D eigenvalue weighted by atomic mass is 10.2. The Hall–Kier alpha value is -1.81. The Kier molecular flexibility index (Phi) is 4.68. The molecule has 0 saturated heterocycles. The topological polar surface area (TPSA) is 103 Å². The summed E-state index contributed by atoms with van der Waals surface area (Å²) in [5.41, 5.74) is 1.61. The van der Waals surface area contributed by atoms with Gasteiger partial charge in [0.05, 0.1) is 5.69 Å². The summed E-state index contributed by atoms with van der Waals surface area (Å²) in [6.07, 6.45) is 1.14. The molecule has 8 nitrogen and oxygen atoms in total. The molecule has 1 aromatic heterocycles. The first-order valence-corrected chi connectivity index (χ1v) is 7.24. The Labute approximate surface area is 136 Å². The minimum Gasteiger partial charge on any atom is -0.390 e. The molecule has 0 aliphatic carbocycles. The molecule has 0 bridgehead atoms. The first-order valence-electron chi connectivity index (χ1n) is 5.66. The molecule has 1 amide bonds. The molecular weight excluding hydrogens is 410 g/mol. The number of carbonyl (C=O) groups is 1. The molecule has 21 heavy (non-hydrogen) atoms. The highest BCUT2D eigenvalue weighted by atomic mass is 79.9. The third-order valence-electron chi connectivity index (χ3n) is 2.44. The fraction of sp³-hybridized carbons (Fsp3) is 0.182. The number of halogens is 2. The van der Waals surface area contributed by atoms with Gasteiger partial charge in [0, 0.05) is 14.0 Å². The molecule has 1 aromatic carbocycles. The predicted octanol–water partition coefficient (Wildman–Crippen LogP) is 2.66. The molecule has 0 aliphatic rings. The van der Waals surface area contributed by atoms with Crippen molar-refractivity contribution in [2.75, 3.05) is 5.32 Å². The second kappa shape index (κ2) is 6.31. The van der Waals surface area contributed by atoms with Crippen molar-refractivity contribution in [1.82, 2.24) is 14.8 Å². The highest BCUT2D eigenvalue weighted by Crippen LogP contribution is 2.32. The molecule has 10 heteroatoms. The fourth-order valence-corrected chi connectivity index (χ4v) is 3.20. The Morgan fingerprint density at radius 2 is 2.05 bits per heavy atom. The molecule has 1 N–H and O–H groups in total. The van der Waals surface area contributed by atoms with Crippen molar-refractivity contribution in [3.05, 3.63) is 43.1 Å². The number of nitrogens with one attached hydrogen (secondary N) is 1. The number of amides is 1. The smallest absolute Gasteiger partial charge is 0.390 e. The van der Waals surface area contributed by atoms with Gasteiger partial charge in [-0.3, -0.25) is 4.79 Å². The Morgan fingerprint density at radius 3 is 2.57 bits per heavy atom. The maximum atomic E-state index is 11.9. The molecule has 0 fully saturated rings. The van der Waals surface area contributed by atoms with Gasteiger partial charge in [0.25, 0.3) is 0 Å². The van der Waals surface area contributed by atoms with E-state index in [1.807, 2.05) is 19.1 Å². The molecule has 0 aliphatic heterocycles. The third-order valence-corrected chi connectivity index (χ3v) is 3.69. The van der Waals surface area contributed by atoms with Crippen LogP contribution in [0.4, 0.5) is 11.6 Å². The largest absolute Gasteiger partial charge is 0.490 e. The van der Waals surface area contributed by atoms with E-state index < -0.39 is 10.9 Å². The van der Waals surface area contributed by atoms with Crippen LogP contribution >= 0.6 is 31.9 Å². The van der Waals surface area contributed by atoms with Crippen molar-refractivity contribution in [1.29, 1.82) is 0 Å². The van der Waals surface area contributed by atoms with Crippen LogP contribution in [0.2, 0.25) is 0 Å². The van der Waals surface area contributed by atoms with Gasteiger partial charge in [0.15, 0.2) is 0 Å². The average molecular weight is 419 g/mol. The minimum atomic E-state index is -0.721. The number of hydrogen-bond acceptors (Lipinski definition) is 5. The lowest BCUT2D eigenvalue weighted by Crippen LogP contribution is -2.19. The zero-order valence-corrected chi connectivity index (χ0v) is 13.9. The molecule has 0 atom stereocenters. The molecular formula is C11H9Br2N5O3. The number of nitrogens with zero attached hydrogens (tertiary/aromatic N) is 4. The van der Waals surface area contributed by atoms with E-state index in [0.29, 0.717) is 5.69 Å². The summed E-state index contributed by atoms with van der Waals surface area (Å²) in [5.74, 6) is -0.916. The minimum absolute atomic E-state index is 0.173. The SMILES string of the molecule is Cc1cc(Br)c(NC(=O)Cn2cnc([N+](=O)[O-])n2)c(Br)c1. The summed E-state index contributed by atoms with van der Waals surface area (Å²) in [6.45, 7) is 1.75. The first-order chi connectivity index (χ1) is 9.86. The van der Waals surface area contributed by atoms with Crippen molar-refractivity contribution in [2.45, 2.75) is 13.5 Å². The maximum Gasteiger partial charge on any atom is 0.490 e. The molecule has 0 spiro atoms. The molecule has 0 unspecified atom stereocenters. The highest BCUT2D eigenvalue weighted by molar-refractivity contribution is 9.11. The van der Waals surface area contributed by atoms with Gasteiger partial charge < -0.3 is 15.4 Å². The monoisotopic (exact) mass is 417 g/mol. The van der Waals surface area contributed by atoms with Gasteiger partial charge in [-0.15, -0.1) is 0 Å². The van der Waals surface area contributed by atoms with E-state index in [9.17, 15) is 14.9 Å². The number of nitro groups is 1. The number of benzene rings is 1. The fourth-order valence-electron chi connectivity index (χ4n) is 1.59. The van der Waals surface area contributed by atoms with Crippen LogP contribution in [0.25, 0.3) is 0 Å². The molecule has 2 aromatic rings. The molecule has 0 radical (unpaired) electrons. The van der Waals surface area contributed by atoms with E-state index in [4.69, 9.17) is 0 Å². The zero-order valence-electron chi connectivity index (χ0n) is 10.7. The predicted molar refractivity (Wildman–Crippen MR) is 81.9 cm³/mol. The van der Waals surface area contributed by atoms with Gasteiger partial charge in [-0.05, 0) is 61.4 Å². The average Bonchev–Trinajstić information content (AvgIpc) is 2.82. The van der Waals surface area contributed by atoms with Gasteiger partial charge >= 0.3 is 5.95 Å². The Bertz CT molecular complexity index is 693. The van der Waals surface area contributed by atoms with Crippen molar-refractivity contribution in [2.24, 2.45) is 0 Å². The molecule has 1 heterocycles. The van der Waals surface area contributed by atoms with Crippen molar-refractivity contribution in [3.63, 3.8) is 0 Å². The molecule has 2 rings (SSSR count). The molecule has 110 valence electrons. The number of rotatable bonds is 4. The highest BCUT2D eigenvalue weighted by Gasteiger charge is 2.16.